The minimum absolute atomic E-state index is 0.0233. The third-order valence-corrected chi connectivity index (χ3v) is 4.15. The summed E-state index contributed by atoms with van der Waals surface area (Å²) in [5, 5.41) is 2.68. The van der Waals surface area contributed by atoms with Gasteiger partial charge in [-0.15, -0.1) is 0 Å². The van der Waals surface area contributed by atoms with E-state index < -0.39 is 0 Å². The van der Waals surface area contributed by atoms with Crippen LogP contribution in [-0.4, -0.2) is 24.9 Å². The van der Waals surface area contributed by atoms with Crippen molar-refractivity contribution in [2.45, 2.75) is 20.3 Å². The maximum atomic E-state index is 12.6. The van der Waals surface area contributed by atoms with Crippen LogP contribution in [0, 0.1) is 12.8 Å². The summed E-state index contributed by atoms with van der Waals surface area (Å²) >= 11 is 0. The summed E-state index contributed by atoms with van der Waals surface area (Å²) in [4.78, 5) is 26.4. The van der Waals surface area contributed by atoms with Gasteiger partial charge in [0.15, 0.2) is 0 Å². The van der Waals surface area contributed by atoms with Crippen molar-refractivity contribution in [3.8, 4) is 0 Å². The molecule has 1 aliphatic rings. The van der Waals surface area contributed by atoms with Crippen LogP contribution in [0.3, 0.4) is 0 Å². The monoisotopic (exact) mass is 312 g/mol. The first-order chi connectivity index (χ1) is 11.1. The molecule has 0 radical (unpaired) electrons. The number of aryl methyl sites for hydroxylation is 1. The summed E-state index contributed by atoms with van der Waals surface area (Å²) in [5.41, 5.74) is 2.59. The van der Waals surface area contributed by atoms with Crippen LogP contribution < -0.4 is 10.2 Å². The van der Waals surface area contributed by atoms with Gasteiger partial charge in [-0.25, -0.2) is 0 Å². The first-order valence-electron chi connectivity index (χ1n) is 7.77. The van der Waals surface area contributed by atoms with Crippen molar-refractivity contribution in [1.82, 2.24) is 5.32 Å². The smallest absolute Gasteiger partial charge is 0.255 e. The summed E-state index contributed by atoms with van der Waals surface area (Å²) in [6.45, 7) is 4.50. The molecule has 1 unspecified atom stereocenters. The van der Waals surface area contributed by atoms with E-state index >= 15 is 0 Å². The van der Waals surface area contributed by atoms with E-state index in [-0.39, 0.29) is 18.4 Å². The highest BCUT2D eigenvalue weighted by atomic mass is 16.3. The third-order valence-electron chi connectivity index (χ3n) is 4.15. The first kappa shape index (κ1) is 15.3. The van der Waals surface area contributed by atoms with E-state index in [1.54, 1.807) is 17.9 Å². The fourth-order valence-electron chi connectivity index (χ4n) is 3.00. The first-order valence-corrected chi connectivity index (χ1v) is 7.77. The number of para-hydroxylation sites is 1. The molecular formula is C18H20N2O3. The molecule has 0 aliphatic carbocycles. The molecule has 2 heterocycles. The number of hydrogen-bond acceptors (Lipinski definition) is 3. The third kappa shape index (κ3) is 3.13. The molecule has 23 heavy (non-hydrogen) atoms. The second-order valence-corrected chi connectivity index (χ2v) is 6.02. The largest absolute Gasteiger partial charge is 0.469 e. The van der Waals surface area contributed by atoms with E-state index in [4.69, 9.17) is 4.42 Å². The van der Waals surface area contributed by atoms with Gasteiger partial charge in [-0.2, -0.15) is 0 Å². The molecule has 120 valence electrons. The van der Waals surface area contributed by atoms with E-state index in [1.807, 2.05) is 18.2 Å². The topological polar surface area (TPSA) is 62.6 Å². The van der Waals surface area contributed by atoms with Gasteiger partial charge in [-0.05, 0) is 37.0 Å². The molecule has 2 amide bonds. The minimum Gasteiger partial charge on any atom is -0.469 e. The maximum Gasteiger partial charge on any atom is 0.255 e. The molecule has 0 saturated heterocycles. The Morgan fingerprint density at radius 1 is 1.30 bits per heavy atom. The van der Waals surface area contributed by atoms with Crippen LogP contribution in [0.5, 0.6) is 0 Å². The van der Waals surface area contributed by atoms with E-state index in [2.05, 4.69) is 18.3 Å². The SMILES string of the molecule is Cc1occc1C(=O)NCC(=O)N1CC(C)Cc2ccccc21. The highest BCUT2D eigenvalue weighted by Gasteiger charge is 2.26. The van der Waals surface area contributed by atoms with Crippen LogP contribution in [0.1, 0.15) is 28.6 Å². The zero-order chi connectivity index (χ0) is 16.4. The van der Waals surface area contributed by atoms with Gasteiger partial charge in [0, 0.05) is 12.2 Å². The number of carbonyl (C=O) groups is 2. The Kier molecular flexibility index (Phi) is 4.19. The van der Waals surface area contributed by atoms with Gasteiger partial charge in [0.1, 0.15) is 5.76 Å². The van der Waals surface area contributed by atoms with Gasteiger partial charge in [0.2, 0.25) is 5.91 Å². The number of furan rings is 1. The molecule has 1 aromatic heterocycles. The zero-order valence-electron chi connectivity index (χ0n) is 13.3. The molecule has 5 nitrogen and oxygen atoms in total. The number of fused-ring (bicyclic) bond motifs is 1. The molecule has 0 saturated carbocycles. The summed E-state index contributed by atoms with van der Waals surface area (Å²) in [6.07, 6.45) is 2.44. The van der Waals surface area contributed by atoms with E-state index in [0.29, 0.717) is 23.8 Å². The van der Waals surface area contributed by atoms with Crippen LogP contribution in [0.15, 0.2) is 41.0 Å². The standard InChI is InChI=1S/C18H20N2O3/c1-12-9-14-5-3-4-6-16(14)20(11-12)17(21)10-19-18(22)15-7-8-23-13(15)2/h3-8,12H,9-11H2,1-2H3,(H,19,22). The summed E-state index contributed by atoms with van der Waals surface area (Å²) < 4.78 is 5.11. The van der Waals surface area contributed by atoms with Crippen LogP contribution in [0.25, 0.3) is 0 Å². The van der Waals surface area contributed by atoms with Crippen LogP contribution >= 0.6 is 0 Å². The van der Waals surface area contributed by atoms with E-state index in [0.717, 1.165) is 12.1 Å². The quantitative estimate of drug-likeness (QED) is 0.947. The lowest BCUT2D eigenvalue weighted by molar-refractivity contribution is -0.117. The molecule has 5 heteroatoms. The lowest BCUT2D eigenvalue weighted by Gasteiger charge is -2.33. The van der Waals surface area contributed by atoms with Crippen molar-refractivity contribution in [3.63, 3.8) is 0 Å². The number of rotatable bonds is 3. The average Bonchev–Trinajstić information content (AvgIpc) is 2.97. The number of anilines is 1. The van der Waals surface area contributed by atoms with Crippen LogP contribution in [0.4, 0.5) is 5.69 Å². The summed E-state index contributed by atoms with van der Waals surface area (Å²) in [7, 11) is 0. The van der Waals surface area contributed by atoms with Gasteiger partial charge in [-0.1, -0.05) is 25.1 Å². The fourth-order valence-corrected chi connectivity index (χ4v) is 3.00. The van der Waals surface area contributed by atoms with Crippen molar-refractivity contribution in [3.05, 3.63) is 53.5 Å². The molecule has 0 spiro atoms. The lowest BCUT2D eigenvalue weighted by Crippen LogP contribution is -2.44. The number of nitrogens with one attached hydrogen (secondary N) is 1. The number of amides is 2. The Hall–Kier alpha value is -2.56. The molecule has 0 bridgehead atoms. The Labute approximate surface area is 135 Å². The van der Waals surface area contributed by atoms with Crippen molar-refractivity contribution in [2.75, 3.05) is 18.0 Å². The van der Waals surface area contributed by atoms with Crippen molar-refractivity contribution < 1.29 is 14.0 Å². The predicted molar refractivity (Wildman–Crippen MR) is 87.4 cm³/mol. The number of nitrogens with zero attached hydrogens (tertiary/aromatic N) is 1. The Morgan fingerprint density at radius 2 is 2.09 bits per heavy atom. The van der Waals surface area contributed by atoms with Crippen molar-refractivity contribution in [1.29, 1.82) is 0 Å². The Morgan fingerprint density at radius 3 is 2.83 bits per heavy atom. The second kappa shape index (κ2) is 6.28. The van der Waals surface area contributed by atoms with Gasteiger partial charge in [0.25, 0.3) is 5.91 Å². The van der Waals surface area contributed by atoms with Crippen LogP contribution in [0.2, 0.25) is 0 Å². The van der Waals surface area contributed by atoms with E-state index in [1.165, 1.54) is 11.8 Å². The Balaban J connectivity index is 1.69. The average molecular weight is 312 g/mol. The highest BCUT2D eigenvalue weighted by molar-refractivity contribution is 6.01. The van der Waals surface area contributed by atoms with Gasteiger partial charge >= 0.3 is 0 Å². The Bertz CT molecular complexity index is 735. The number of hydrogen-bond donors (Lipinski definition) is 1. The van der Waals surface area contributed by atoms with Crippen molar-refractivity contribution in [2.24, 2.45) is 5.92 Å². The highest BCUT2D eigenvalue weighted by Crippen LogP contribution is 2.29. The molecule has 1 atom stereocenters. The summed E-state index contributed by atoms with van der Waals surface area (Å²) in [6, 6.07) is 9.54. The fraction of sp³-hybridized carbons (Fsp3) is 0.333. The van der Waals surface area contributed by atoms with Gasteiger partial charge in [-0.3, -0.25) is 9.59 Å². The van der Waals surface area contributed by atoms with Crippen LogP contribution in [-0.2, 0) is 11.2 Å². The second-order valence-electron chi connectivity index (χ2n) is 6.02. The van der Waals surface area contributed by atoms with Gasteiger partial charge in [0.05, 0.1) is 18.4 Å². The maximum absolute atomic E-state index is 12.6. The molecule has 1 aromatic carbocycles. The number of benzene rings is 1. The van der Waals surface area contributed by atoms with E-state index in [9.17, 15) is 9.59 Å². The minimum atomic E-state index is -0.289. The molecule has 3 rings (SSSR count). The van der Waals surface area contributed by atoms with Crippen molar-refractivity contribution >= 4 is 17.5 Å². The molecule has 0 fully saturated rings. The number of carbonyl (C=O) groups excluding carboxylic acids is 2. The molecular weight excluding hydrogens is 292 g/mol. The normalized spacial score (nSPS) is 16.8. The lowest BCUT2D eigenvalue weighted by atomic mass is 9.94. The predicted octanol–water partition coefficient (Wildman–Crippen LogP) is 2.54. The zero-order valence-corrected chi connectivity index (χ0v) is 13.3. The van der Waals surface area contributed by atoms with Gasteiger partial charge < -0.3 is 14.6 Å². The molecule has 2 aromatic rings. The molecule has 1 N–H and O–H groups in total. The molecule has 1 aliphatic heterocycles. The summed E-state index contributed by atoms with van der Waals surface area (Å²) in [5.74, 6) is 0.564.